The van der Waals surface area contributed by atoms with Crippen LogP contribution in [0.15, 0.2) is 65.6 Å². The van der Waals surface area contributed by atoms with Crippen molar-refractivity contribution < 1.29 is 38.1 Å². The molecule has 4 aromatic rings. The number of methoxy groups -OCH3 is 5. The Hall–Kier alpha value is -5.23. The van der Waals surface area contributed by atoms with E-state index >= 15 is 0 Å². The number of carbonyl (C=O) groups is 3. The van der Waals surface area contributed by atoms with Crippen molar-refractivity contribution >= 4 is 45.8 Å². The molecule has 11 nitrogen and oxygen atoms in total. The molecule has 0 atom stereocenters. The van der Waals surface area contributed by atoms with E-state index in [2.05, 4.69) is 5.32 Å². The molecule has 1 aromatic heterocycles. The molecule has 3 aromatic carbocycles. The Balaban J connectivity index is 1.33. The lowest BCUT2D eigenvalue weighted by atomic mass is 10.0. The molecular formula is C33H31N3O8S. The van der Waals surface area contributed by atoms with Crippen LogP contribution in [-0.4, -0.2) is 75.6 Å². The van der Waals surface area contributed by atoms with Crippen LogP contribution in [0.5, 0.6) is 28.7 Å². The number of para-hydroxylation sites is 1. The summed E-state index contributed by atoms with van der Waals surface area (Å²) in [6.07, 6.45) is 1.59. The molecule has 1 fully saturated rings. The Kier molecular flexibility index (Phi) is 9.43. The highest BCUT2D eigenvalue weighted by Gasteiger charge is 2.35. The van der Waals surface area contributed by atoms with Crippen LogP contribution in [-0.2, 0) is 4.79 Å². The van der Waals surface area contributed by atoms with Gasteiger partial charge in [-0.05, 0) is 65.9 Å². The maximum absolute atomic E-state index is 13.5. The van der Waals surface area contributed by atoms with Gasteiger partial charge in [-0.25, -0.2) is 4.98 Å². The zero-order valence-electron chi connectivity index (χ0n) is 25.3. The molecule has 232 valence electrons. The van der Waals surface area contributed by atoms with Gasteiger partial charge in [0.1, 0.15) is 0 Å². The molecule has 1 aliphatic rings. The quantitative estimate of drug-likeness (QED) is 0.215. The van der Waals surface area contributed by atoms with Gasteiger partial charge < -0.3 is 29.0 Å². The van der Waals surface area contributed by atoms with Gasteiger partial charge in [-0.15, -0.1) is 0 Å². The van der Waals surface area contributed by atoms with Gasteiger partial charge in [-0.3, -0.25) is 19.3 Å². The highest BCUT2D eigenvalue weighted by Crippen LogP contribution is 2.40. The summed E-state index contributed by atoms with van der Waals surface area (Å²) < 4.78 is 26.9. The van der Waals surface area contributed by atoms with E-state index in [1.807, 2.05) is 30.3 Å². The molecule has 1 saturated heterocycles. The first-order valence-electron chi connectivity index (χ1n) is 13.8. The fourth-order valence-corrected chi connectivity index (χ4v) is 5.78. The molecule has 0 aliphatic carbocycles. The topological polar surface area (TPSA) is 126 Å². The molecule has 0 saturated carbocycles. The van der Waals surface area contributed by atoms with Gasteiger partial charge in [-0.1, -0.05) is 18.2 Å². The first-order valence-corrected chi connectivity index (χ1v) is 14.6. The number of benzene rings is 3. The number of nitrogens with one attached hydrogen (secondary N) is 1. The summed E-state index contributed by atoms with van der Waals surface area (Å²) in [5, 5.41) is 3.09. The Labute approximate surface area is 264 Å². The summed E-state index contributed by atoms with van der Waals surface area (Å²) in [4.78, 5) is 45.5. The highest BCUT2D eigenvalue weighted by atomic mass is 32.2. The van der Waals surface area contributed by atoms with Crippen molar-refractivity contribution in [1.29, 1.82) is 0 Å². The van der Waals surface area contributed by atoms with Gasteiger partial charge in [-0.2, -0.15) is 0 Å². The number of ether oxygens (including phenoxy) is 5. The number of thioether (sulfide) groups is 1. The highest BCUT2D eigenvalue weighted by molar-refractivity contribution is 8.18. The largest absolute Gasteiger partial charge is 0.493 e. The second kappa shape index (κ2) is 13.6. The van der Waals surface area contributed by atoms with E-state index in [0.717, 1.165) is 22.2 Å². The van der Waals surface area contributed by atoms with Crippen molar-refractivity contribution in [2.45, 2.75) is 0 Å². The monoisotopic (exact) mass is 629 g/mol. The summed E-state index contributed by atoms with van der Waals surface area (Å²) in [7, 11) is 7.60. The van der Waals surface area contributed by atoms with Crippen molar-refractivity contribution in [1.82, 2.24) is 15.2 Å². The van der Waals surface area contributed by atoms with E-state index < -0.39 is 11.1 Å². The van der Waals surface area contributed by atoms with Crippen LogP contribution in [0.3, 0.4) is 0 Å². The minimum absolute atomic E-state index is 0.00540. The van der Waals surface area contributed by atoms with E-state index in [-0.39, 0.29) is 23.9 Å². The molecule has 0 spiro atoms. The predicted molar refractivity (Wildman–Crippen MR) is 171 cm³/mol. The fraction of sp³-hybridized carbons (Fsp3) is 0.212. The number of carbonyl (C=O) groups excluding carboxylic acids is 3. The van der Waals surface area contributed by atoms with Crippen molar-refractivity contribution in [3.63, 3.8) is 0 Å². The van der Waals surface area contributed by atoms with Gasteiger partial charge in [0.15, 0.2) is 23.0 Å². The summed E-state index contributed by atoms with van der Waals surface area (Å²) in [5.41, 5.74) is 2.95. The normalized spacial score (nSPS) is 13.7. The first kappa shape index (κ1) is 31.2. The summed E-state index contributed by atoms with van der Waals surface area (Å²) in [5.74, 6) is 1.54. The van der Waals surface area contributed by atoms with E-state index in [1.54, 1.807) is 50.6 Å². The van der Waals surface area contributed by atoms with Gasteiger partial charge in [0.25, 0.3) is 17.1 Å². The second-order valence-electron chi connectivity index (χ2n) is 9.69. The minimum Gasteiger partial charge on any atom is -0.493 e. The van der Waals surface area contributed by atoms with E-state index in [9.17, 15) is 14.4 Å². The van der Waals surface area contributed by atoms with Crippen molar-refractivity contribution in [3.05, 3.63) is 76.7 Å². The zero-order chi connectivity index (χ0) is 32.1. The number of hydrogen-bond acceptors (Lipinski definition) is 10. The molecule has 0 unspecified atom stereocenters. The molecule has 45 heavy (non-hydrogen) atoms. The van der Waals surface area contributed by atoms with Crippen LogP contribution < -0.4 is 29.0 Å². The van der Waals surface area contributed by atoms with Crippen LogP contribution in [0.2, 0.25) is 0 Å². The third-order valence-corrected chi connectivity index (χ3v) is 8.03. The number of amides is 3. The van der Waals surface area contributed by atoms with Crippen molar-refractivity contribution in [2.24, 2.45) is 0 Å². The van der Waals surface area contributed by atoms with E-state index in [1.165, 1.54) is 21.3 Å². The Bertz CT molecular complexity index is 1800. The number of imide groups is 1. The summed E-state index contributed by atoms with van der Waals surface area (Å²) in [6.45, 7) is 0.0469. The van der Waals surface area contributed by atoms with Crippen LogP contribution in [0.25, 0.3) is 28.2 Å². The maximum atomic E-state index is 13.5. The second-order valence-corrected chi connectivity index (χ2v) is 10.7. The van der Waals surface area contributed by atoms with Crippen LogP contribution in [0.4, 0.5) is 4.79 Å². The van der Waals surface area contributed by atoms with E-state index in [0.29, 0.717) is 56.5 Å². The molecule has 12 heteroatoms. The molecule has 0 bridgehead atoms. The Morgan fingerprint density at radius 2 is 1.53 bits per heavy atom. The third-order valence-electron chi connectivity index (χ3n) is 7.12. The third kappa shape index (κ3) is 6.36. The minimum atomic E-state index is -0.460. The lowest BCUT2D eigenvalue weighted by Crippen LogP contribution is -2.37. The molecule has 1 aliphatic heterocycles. The fourth-order valence-electron chi connectivity index (χ4n) is 4.91. The summed E-state index contributed by atoms with van der Waals surface area (Å²) in [6, 6.07) is 17.8. The molecule has 2 heterocycles. The zero-order valence-corrected chi connectivity index (χ0v) is 26.2. The molecule has 1 N–H and O–H groups in total. The molecular weight excluding hydrogens is 598 g/mol. The number of fused-ring (bicyclic) bond motifs is 1. The molecule has 0 radical (unpaired) electrons. The molecule has 3 amide bonds. The molecule has 5 rings (SSSR count). The first-order chi connectivity index (χ1) is 21.8. The van der Waals surface area contributed by atoms with Crippen LogP contribution >= 0.6 is 11.8 Å². The van der Waals surface area contributed by atoms with Crippen molar-refractivity contribution in [2.75, 3.05) is 48.6 Å². The number of hydrogen-bond donors (Lipinski definition) is 1. The van der Waals surface area contributed by atoms with Gasteiger partial charge in [0.2, 0.25) is 5.75 Å². The summed E-state index contributed by atoms with van der Waals surface area (Å²) >= 11 is 0.821. The Morgan fingerprint density at radius 1 is 0.844 bits per heavy atom. The van der Waals surface area contributed by atoms with Crippen LogP contribution in [0.1, 0.15) is 15.9 Å². The van der Waals surface area contributed by atoms with Crippen molar-refractivity contribution in [3.8, 4) is 40.0 Å². The lowest BCUT2D eigenvalue weighted by Gasteiger charge is -2.15. The number of pyridine rings is 1. The SMILES string of the molecule is COc1ccc(-c2cc(C(=O)NCCN3C(=O)S/C(=C/c4cc(OC)c(OC)c(OC)c4)C3=O)c3ccccc3n2)cc1OC. The van der Waals surface area contributed by atoms with Gasteiger partial charge >= 0.3 is 0 Å². The van der Waals surface area contributed by atoms with E-state index in [4.69, 9.17) is 28.7 Å². The smallest absolute Gasteiger partial charge is 0.293 e. The average molecular weight is 630 g/mol. The maximum Gasteiger partial charge on any atom is 0.293 e. The number of rotatable bonds is 11. The van der Waals surface area contributed by atoms with Crippen LogP contribution in [0, 0.1) is 0 Å². The Morgan fingerprint density at radius 3 is 2.20 bits per heavy atom. The number of aromatic nitrogens is 1. The predicted octanol–water partition coefficient (Wildman–Crippen LogP) is 5.41. The van der Waals surface area contributed by atoms with Gasteiger partial charge in [0.05, 0.1) is 57.2 Å². The number of nitrogens with zero attached hydrogens (tertiary/aromatic N) is 2. The van der Waals surface area contributed by atoms with Gasteiger partial charge in [0, 0.05) is 24.0 Å². The lowest BCUT2D eigenvalue weighted by molar-refractivity contribution is -0.122. The average Bonchev–Trinajstić information content (AvgIpc) is 3.33. The standard InChI is InChI=1S/C33H31N3O8S/c1-40-25-11-10-20(17-26(25)41-2)24-18-22(21-8-6-7-9-23(21)35-24)31(37)34-12-13-36-32(38)29(45-33(36)39)16-19-14-27(42-3)30(44-5)28(15-19)43-4/h6-11,14-18H,12-13H2,1-5H3,(H,34,37)/b29-16+.